The van der Waals surface area contributed by atoms with E-state index in [0.29, 0.717) is 48.3 Å². The summed E-state index contributed by atoms with van der Waals surface area (Å²) in [6, 6.07) is 10.7. The van der Waals surface area contributed by atoms with Gasteiger partial charge in [-0.15, -0.1) is 0 Å². The summed E-state index contributed by atoms with van der Waals surface area (Å²) in [7, 11) is 1.61. The first-order chi connectivity index (χ1) is 15.5. The van der Waals surface area contributed by atoms with Gasteiger partial charge >= 0.3 is 0 Å². The Balaban J connectivity index is 1.42. The second kappa shape index (κ2) is 9.71. The Labute approximate surface area is 192 Å². The molecule has 7 nitrogen and oxygen atoms in total. The predicted molar refractivity (Wildman–Crippen MR) is 124 cm³/mol. The van der Waals surface area contributed by atoms with Gasteiger partial charge in [0.1, 0.15) is 0 Å². The van der Waals surface area contributed by atoms with Crippen LogP contribution >= 0.6 is 11.6 Å². The first kappa shape index (κ1) is 22.3. The second-order valence-electron chi connectivity index (χ2n) is 8.06. The summed E-state index contributed by atoms with van der Waals surface area (Å²) in [4.78, 5) is 27.0. The number of aryl methyl sites for hydroxylation is 1. The number of nitrogens with one attached hydrogen (secondary N) is 1. The number of likely N-dealkylation sites (tertiary alicyclic amines) is 1. The average molecular weight is 455 g/mol. The van der Waals surface area contributed by atoms with Gasteiger partial charge in [-0.3, -0.25) is 14.3 Å². The van der Waals surface area contributed by atoms with Crippen LogP contribution in [0.25, 0.3) is 10.9 Å². The maximum atomic E-state index is 12.6. The SMILES string of the molecule is CCc1c(C(=O)NCCOC)ccc2nn(CC3CN(C(=O)c4ccc(Cl)cc4)C3)cc12. The molecule has 0 radical (unpaired) electrons. The zero-order valence-corrected chi connectivity index (χ0v) is 19.1. The minimum Gasteiger partial charge on any atom is -0.383 e. The number of hydrogen-bond donors (Lipinski definition) is 1. The van der Waals surface area contributed by atoms with Crippen LogP contribution in [0.5, 0.6) is 0 Å². The van der Waals surface area contributed by atoms with E-state index in [1.165, 1.54) is 0 Å². The topological polar surface area (TPSA) is 76.5 Å². The first-order valence-electron chi connectivity index (χ1n) is 10.8. The van der Waals surface area contributed by atoms with Crippen molar-refractivity contribution in [3.63, 3.8) is 0 Å². The lowest BCUT2D eigenvalue weighted by Crippen LogP contribution is -2.51. The highest BCUT2D eigenvalue weighted by molar-refractivity contribution is 6.30. The zero-order chi connectivity index (χ0) is 22.7. The van der Waals surface area contributed by atoms with Crippen LogP contribution < -0.4 is 5.32 Å². The number of fused-ring (bicyclic) bond motifs is 1. The second-order valence-corrected chi connectivity index (χ2v) is 8.50. The summed E-state index contributed by atoms with van der Waals surface area (Å²) in [6.45, 7) is 5.13. The van der Waals surface area contributed by atoms with E-state index in [0.717, 1.165) is 29.4 Å². The third-order valence-corrected chi connectivity index (χ3v) is 6.07. The van der Waals surface area contributed by atoms with E-state index >= 15 is 0 Å². The van der Waals surface area contributed by atoms with Crippen molar-refractivity contribution in [1.82, 2.24) is 20.0 Å². The normalized spacial score (nSPS) is 13.9. The van der Waals surface area contributed by atoms with E-state index in [9.17, 15) is 9.59 Å². The van der Waals surface area contributed by atoms with Crippen LogP contribution in [-0.4, -0.2) is 59.8 Å². The van der Waals surface area contributed by atoms with Crippen LogP contribution in [0.4, 0.5) is 0 Å². The highest BCUT2D eigenvalue weighted by Crippen LogP contribution is 2.25. The number of carbonyl (C=O) groups excluding carboxylic acids is 2. The van der Waals surface area contributed by atoms with Gasteiger partial charge < -0.3 is 15.0 Å². The quantitative estimate of drug-likeness (QED) is 0.529. The molecule has 0 atom stereocenters. The van der Waals surface area contributed by atoms with Gasteiger partial charge in [-0.05, 0) is 48.4 Å². The molecule has 1 saturated heterocycles. The molecule has 2 amide bonds. The van der Waals surface area contributed by atoms with Gasteiger partial charge in [0.05, 0.1) is 12.1 Å². The molecule has 1 aliphatic heterocycles. The number of methoxy groups -OCH3 is 1. The van der Waals surface area contributed by atoms with Gasteiger partial charge in [-0.25, -0.2) is 0 Å². The van der Waals surface area contributed by atoms with Gasteiger partial charge in [-0.1, -0.05) is 18.5 Å². The molecule has 3 aromatic rings. The zero-order valence-electron chi connectivity index (χ0n) is 18.3. The van der Waals surface area contributed by atoms with Gasteiger partial charge in [0, 0.05) is 66.9 Å². The van der Waals surface area contributed by atoms with Gasteiger partial charge in [0.25, 0.3) is 11.8 Å². The molecule has 0 aliphatic carbocycles. The smallest absolute Gasteiger partial charge is 0.253 e. The molecule has 0 saturated carbocycles. The number of carbonyl (C=O) groups is 2. The van der Waals surface area contributed by atoms with Crippen LogP contribution in [0.15, 0.2) is 42.6 Å². The fourth-order valence-electron chi connectivity index (χ4n) is 4.14. The molecule has 0 bridgehead atoms. The van der Waals surface area contributed by atoms with Crippen LogP contribution in [0.2, 0.25) is 5.02 Å². The van der Waals surface area contributed by atoms with E-state index in [-0.39, 0.29) is 11.8 Å². The van der Waals surface area contributed by atoms with Crippen LogP contribution in [0.3, 0.4) is 0 Å². The molecule has 168 valence electrons. The molecular weight excluding hydrogens is 428 g/mol. The monoisotopic (exact) mass is 454 g/mol. The summed E-state index contributed by atoms with van der Waals surface area (Å²) in [5, 5.41) is 9.22. The van der Waals surface area contributed by atoms with Gasteiger partial charge in [0.2, 0.25) is 0 Å². The maximum absolute atomic E-state index is 12.6. The number of benzene rings is 2. The van der Waals surface area contributed by atoms with E-state index in [1.807, 2.05) is 34.8 Å². The van der Waals surface area contributed by atoms with E-state index in [4.69, 9.17) is 21.4 Å². The third-order valence-electron chi connectivity index (χ3n) is 5.82. The lowest BCUT2D eigenvalue weighted by Gasteiger charge is -2.39. The number of hydrogen-bond acceptors (Lipinski definition) is 4. The van der Waals surface area contributed by atoms with Crippen molar-refractivity contribution in [3.05, 3.63) is 64.3 Å². The minimum atomic E-state index is -0.0936. The summed E-state index contributed by atoms with van der Waals surface area (Å²) in [5.41, 5.74) is 3.21. The molecule has 2 heterocycles. The highest BCUT2D eigenvalue weighted by atomic mass is 35.5. The minimum absolute atomic E-state index is 0.0286. The Kier molecular flexibility index (Phi) is 6.77. The molecule has 0 spiro atoms. The predicted octanol–water partition coefficient (Wildman–Crippen LogP) is 3.40. The van der Waals surface area contributed by atoms with Crippen molar-refractivity contribution in [2.75, 3.05) is 33.4 Å². The Bertz CT molecular complexity index is 1120. The van der Waals surface area contributed by atoms with Crippen molar-refractivity contribution in [3.8, 4) is 0 Å². The molecular formula is C24H27ClN4O3. The summed E-state index contributed by atoms with van der Waals surface area (Å²) >= 11 is 5.91. The molecule has 1 N–H and O–H groups in total. The fourth-order valence-corrected chi connectivity index (χ4v) is 4.27. The van der Waals surface area contributed by atoms with Gasteiger partial charge in [0.15, 0.2) is 0 Å². The number of rotatable bonds is 8. The highest BCUT2D eigenvalue weighted by Gasteiger charge is 2.31. The van der Waals surface area contributed by atoms with E-state index < -0.39 is 0 Å². The van der Waals surface area contributed by atoms with Crippen LogP contribution in [0.1, 0.15) is 33.2 Å². The molecule has 1 fully saturated rings. The van der Waals surface area contributed by atoms with Crippen LogP contribution in [-0.2, 0) is 17.7 Å². The fraction of sp³-hybridized carbons (Fsp3) is 0.375. The molecule has 1 aromatic heterocycles. The van der Waals surface area contributed by atoms with E-state index in [2.05, 4.69) is 5.32 Å². The van der Waals surface area contributed by atoms with Gasteiger partial charge in [-0.2, -0.15) is 5.10 Å². The largest absolute Gasteiger partial charge is 0.383 e. The summed E-state index contributed by atoms with van der Waals surface area (Å²) < 4.78 is 6.94. The van der Waals surface area contributed by atoms with E-state index in [1.54, 1.807) is 31.4 Å². The number of nitrogens with zero attached hydrogens (tertiary/aromatic N) is 3. The van der Waals surface area contributed by atoms with Crippen molar-refractivity contribution in [1.29, 1.82) is 0 Å². The summed E-state index contributed by atoms with van der Waals surface area (Å²) in [6.07, 6.45) is 2.76. The Hall–Kier alpha value is -2.90. The summed E-state index contributed by atoms with van der Waals surface area (Å²) in [5.74, 6) is 0.285. The third kappa shape index (κ3) is 4.64. The van der Waals surface area contributed by atoms with Crippen molar-refractivity contribution >= 4 is 34.3 Å². The Morgan fingerprint density at radius 1 is 1.19 bits per heavy atom. The standard InChI is InChI=1S/C24H27ClN4O3/c1-3-19-20(23(30)26-10-11-32-2)8-9-22-21(19)15-29(27-22)14-16-12-28(13-16)24(31)17-4-6-18(25)7-5-17/h4-9,15-16H,3,10-14H2,1-2H3,(H,26,30). The molecule has 2 aromatic carbocycles. The van der Waals surface area contributed by atoms with Crippen LogP contribution in [0, 0.1) is 5.92 Å². The lowest BCUT2D eigenvalue weighted by molar-refractivity contribution is 0.0462. The Morgan fingerprint density at radius 2 is 1.94 bits per heavy atom. The van der Waals surface area contributed by atoms with Crippen molar-refractivity contribution in [2.45, 2.75) is 19.9 Å². The molecule has 32 heavy (non-hydrogen) atoms. The molecule has 1 aliphatic rings. The number of amides is 2. The average Bonchev–Trinajstić information content (AvgIpc) is 3.18. The molecule has 4 rings (SSSR count). The maximum Gasteiger partial charge on any atom is 0.253 e. The molecule has 0 unspecified atom stereocenters. The molecule has 8 heteroatoms. The first-order valence-corrected chi connectivity index (χ1v) is 11.2. The lowest BCUT2D eigenvalue weighted by atomic mass is 9.98. The van der Waals surface area contributed by atoms with Crippen molar-refractivity contribution in [2.24, 2.45) is 5.92 Å². The van der Waals surface area contributed by atoms with Crippen molar-refractivity contribution < 1.29 is 14.3 Å². The number of halogens is 1. The Morgan fingerprint density at radius 3 is 2.62 bits per heavy atom. The number of aromatic nitrogens is 2. The number of ether oxygens (including phenoxy) is 1.